The van der Waals surface area contributed by atoms with Crippen molar-refractivity contribution in [2.75, 3.05) is 58.3 Å². The number of carbonyl (C=O) groups is 2. The number of nitrogens with one attached hydrogen (secondary N) is 2. The molecule has 3 amide bonds. The predicted octanol–water partition coefficient (Wildman–Crippen LogP) is 2.71. The van der Waals surface area contributed by atoms with Crippen molar-refractivity contribution < 1.29 is 14.3 Å². The molecule has 0 spiro atoms. The van der Waals surface area contributed by atoms with Crippen molar-refractivity contribution in [3.63, 3.8) is 0 Å². The zero-order valence-electron chi connectivity index (χ0n) is 18.4. The lowest BCUT2D eigenvalue weighted by atomic mass is 9.94. The summed E-state index contributed by atoms with van der Waals surface area (Å²) in [4.78, 5) is 29.3. The topological polar surface area (TPSA) is 73.9 Å². The van der Waals surface area contributed by atoms with Crippen LogP contribution in [0.3, 0.4) is 0 Å². The van der Waals surface area contributed by atoms with Crippen LogP contribution in [0, 0.1) is 18.8 Å². The molecule has 2 saturated heterocycles. The van der Waals surface area contributed by atoms with E-state index in [1.807, 2.05) is 36.1 Å². The summed E-state index contributed by atoms with van der Waals surface area (Å²) in [5.41, 5.74) is 1.93. The summed E-state index contributed by atoms with van der Waals surface area (Å²) in [5.74, 6) is 0.721. The molecule has 0 saturated carbocycles. The molecule has 7 heteroatoms. The van der Waals surface area contributed by atoms with Gasteiger partial charge in [-0.15, -0.1) is 0 Å². The second-order valence-electron chi connectivity index (χ2n) is 8.58. The van der Waals surface area contributed by atoms with E-state index in [4.69, 9.17) is 4.74 Å². The number of carbonyl (C=O) groups excluding carboxylic acids is 2. The van der Waals surface area contributed by atoms with Crippen LogP contribution in [0.1, 0.15) is 31.2 Å². The van der Waals surface area contributed by atoms with Crippen LogP contribution in [0.2, 0.25) is 0 Å². The Balaban J connectivity index is 1.34. The zero-order valence-corrected chi connectivity index (χ0v) is 18.4. The van der Waals surface area contributed by atoms with E-state index < -0.39 is 0 Å². The Morgan fingerprint density at radius 1 is 1.10 bits per heavy atom. The third kappa shape index (κ3) is 6.71. The van der Waals surface area contributed by atoms with Crippen LogP contribution in [0.4, 0.5) is 10.5 Å². The Morgan fingerprint density at radius 3 is 2.50 bits per heavy atom. The summed E-state index contributed by atoms with van der Waals surface area (Å²) in [5, 5.41) is 6.12. The average Bonchev–Trinajstić information content (AvgIpc) is 2.77. The minimum atomic E-state index is -0.0836. The summed E-state index contributed by atoms with van der Waals surface area (Å²) in [6.45, 7) is 7.95. The highest BCUT2D eigenvalue weighted by atomic mass is 16.5. The fourth-order valence-electron chi connectivity index (χ4n) is 4.29. The molecule has 1 aromatic rings. The summed E-state index contributed by atoms with van der Waals surface area (Å²) in [6.07, 6.45) is 3.70. The van der Waals surface area contributed by atoms with E-state index in [1.54, 1.807) is 7.11 Å². The van der Waals surface area contributed by atoms with E-state index in [1.165, 1.54) is 0 Å². The number of hydrogen-bond acceptors (Lipinski definition) is 4. The largest absolute Gasteiger partial charge is 0.383 e. The molecule has 30 heavy (non-hydrogen) atoms. The smallest absolute Gasteiger partial charge is 0.321 e. The molecule has 2 heterocycles. The van der Waals surface area contributed by atoms with Gasteiger partial charge in [-0.3, -0.25) is 4.79 Å². The van der Waals surface area contributed by atoms with Gasteiger partial charge in [-0.1, -0.05) is 12.1 Å². The number of ether oxygens (including phenoxy) is 1. The van der Waals surface area contributed by atoms with Gasteiger partial charge < -0.3 is 25.2 Å². The number of anilines is 1. The van der Waals surface area contributed by atoms with Crippen molar-refractivity contribution in [3.8, 4) is 0 Å². The van der Waals surface area contributed by atoms with Gasteiger partial charge in [0.1, 0.15) is 0 Å². The third-order valence-corrected chi connectivity index (χ3v) is 6.31. The van der Waals surface area contributed by atoms with Crippen molar-refractivity contribution in [1.29, 1.82) is 0 Å². The average molecular weight is 417 g/mol. The predicted molar refractivity (Wildman–Crippen MR) is 119 cm³/mol. The van der Waals surface area contributed by atoms with Gasteiger partial charge in [0.15, 0.2) is 0 Å². The maximum Gasteiger partial charge on any atom is 0.321 e. The number of aryl methyl sites for hydroxylation is 1. The molecule has 0 unspecified atom stereocenters. The maximum absolute atomic E-state index is 12.6. The second kappa shape index (κ2) is 11.3. The fourth-order valence-corrected chi connectivity index (χ4v) is 4.29. The van der Waals surface area contributed by atoms with Gasteiger partial charge >= 0.3 is 6.03 Å². The quantitative estimate of drug-likeness (QED) is 0.717. The first-order chi connectivity index (χ1) is 14.5. The van der Waals surface area contributed by atoms with E-state index in [-0.39, 0.29) is 17.9 Å². The van der Waals surface area contributed by atoms with Crippen molar-refractivity contribution >= 4 is 17.6 Å². The third-order valence-electron chi connectivity index (χ3n) is 6.31. The number of rotatable bonds is 7. The molecule has 0 bridgehead atoms. The first-order valence-corrected chi connectivity index (χ1v) is 11.2. The molecule has 2 aliphatic heterocycles. The maximum atomic E-state index is 12.6. The number of piperidine rings is 2. The number of likely N-dealkylation sites (tertiary alicyclic amines) is 2. The highest BCUT2D eigenvalue weighted by Crippen LogP contribution is 2.20. The molecule has 0 aliphatic carbocycles. The normalized spacial score (nSPS) is 18.9. The molecule has 2 aliphatic rings. The fraction of sp³-hybridized carbons (Fsp3) is 0.652. The number of nitrogens with zero attached hydrogens (tertiary/aromatic N) is 2. The van der Waals surface area contributed by atoms with Crippen LogP contribution in [-0.4, -0.2) is 74.7 Å². The monoisotopic (exact) mass is 416 g/mol. The molecule has 166 valence electrons. The van der Waals surface area contributed by atoms with Gasteiger partial charge in [0, 0.05) is 44.9 Å². The van der Waals surface area contributed by atoms with Gasteiger partial charge in [-0.25, -0.2) is 4.79 Å². The van der Waals surface area contributed by atoms with Crippen molar-refractivity contribution in [2.45, 2.75) is 32.6 Å². The van der Waals surface area contributed by atoms with Crippen LogP contribution in [0.15, 0.2) is 24.3 Å². The van der Waals surface area contributed by atoms with E-state index in [0.717, 1.165) is 69.7 Å². The second-order valence-corrected chi connectivity index (χ2v) is 8.58. The molecule has 7 nitrogen and oxygen atoms in total. The van der Waals surface area contributed by atoms with Gasteiger partial charge in [-0.05, 0) is 69.3 Å². The Kier molecular flexibility index (Phi) is 8.51. The van der Waals surface area contributed by atoms with E-state index in [0.29, 0.717) is 19.0 Å². The van der Waals surface area contributed by atoms with E-state index in [9.17, 15) is 9.59 Å². The standard InChI is InChI=1S/C23H36N4O3/c1-18-4-3-5-21(16-18)25-23(29)27-12-8-20(9-13-27)22(28)24-17-19-6-10-26(11-7-19)14-15-30-2/h3-5,16,19-20H,6-15,17H2,1-2H3,(H,24,28)(H,25,29). The van der Waals surface area contributed by atoms with Crippen molar-refractivity contribution in [3.05, 3.63) is 29.8 Å². The zero-order chi connectivity index (χ0) is 21.3. The van der Waals surface area contributed by atoms with Gasteiger partial charge in [-0.2, -0.15) is 0 Å². The molecule has 3 rings (SSSR count). The summed E-state index contributed by atoms with van der Waals surface area (Å²) in [6, 6.07) is 7.71. The van der Waals surface area contributed by atoms with Crippen molar-refractivity contribution in [2.24, 2.45) is 11.8 Å². The lowest BCUT2D eigenvalue weighted by Gasteiger charge is -2.33. The molecule has 2 N–H and O–H groups in total. The minimum absolute atomic E-state index is 0.00908. The van der Waals surface area contributed by atoms with Crippen LogP contribution >= 0.6 is 0 Å². The molecule has 2 fully saturated rings. The molecular weight excluding hydrogens is 380 g/mol. The van der Waals surface area contributed by atoms with Crippen molar-refractivity contribution in [1.82, 2.24) is 15.1 Å². The molecule has 0 atom stereocenters. The summed E-state index contributed by atoms with van der Waals surface area (Å²) in [7, 11) is 1.74. The highest BCUT2D eigenvalue weighted by molar-refractivity contribution is 5.89. The van der Waals surface area contributed by atoms with Gasteiger partial charge in [0.2, 0.25) is 5.91 Å². The molecule has 1 aromatic carbocycles. The SMILES string of the molecule is COCCN1CCC(CNC(=O)C2CCN(C(=O)Nc3cccc(C)c3)CC2)CC1. The Labute approximate surface area is 180 Å². The first-order valence-electron chi connectivity index (χ1n) is 11.2. The number of benzene rings is 1. The molecule has 0 aromatic heterocycles. The number of methoxy groups -OCH3 is 1. The van der Waals surface area contributed by atoms with Crippen LogP contribution < -0.4 is 10.6 Å². The minimum Gasteiger partial charge on any atom is -0.383 e. The van der Waals surface area contributed by atoms with E-state index >= 15 is 0 Å². The van der Waals surface area contributed by atoms with E-state index in [2.05, 4.69) is 15.5 Å². The van der Waals surface area contributed by atoms with Crippen LogP contribution in [-0.2, 0) is 9.53 Å². The highest BCUT2D eigenvalue weighted by Gasteiger charge is 2.28. The Hall–Kier alpha value is -2.12. The van der Waals surface area contributed by atoms with Crippen LogP contribution in [0.25, 0.3) is 0 Å². The Morgan fingerprint density at radius 2 is 1.83 bits per heavy atom. The van der Waals surface area contributed by atoms with Gasteiger partial charge in [0.05, 0.1) is 6.61 Å². The summed E-state index contributed by atoms with van der Waals surface area (Å²) < 4.78 is 5.15. The lowest BCUT2D eigenvalue weighted by Crippen LogP contribution is -2.46. The summed E-state index contributed by atoms with van der Waals surface area (Å²) >= 11 is 0. The number of urea groups is 1. The number of amides is 3. The van der Waals surface area contributed by atoms with Crippen LogP contribution in [0.5, 0.6) is 0 Å². The first kappa shape index (κ1) is 22.6. The number of hydrogen-bond donors (Lipinski definition) is 2. The Bertz CT molecular complexity index is 695. The van der Waals surface area contributed by atoms with Gasteiger partial charge in [0.25, 0.3) is 0 Å². The lowest BCUT2D eigenvalue weighted by molar-refractivity contribution is -0.126. The molecule has 0 radical (unpaired) electrons. The molecular formula is C23H36N4O3.